The molecule has 0 fully saturated rings. The molecule has 0 saturated carbocycles. The highest BCUT2D eigenvalue weighted by atomic mass is 32.1. The molecule has 0 N–H and O–H groups in total. The highest BCUT2D eigenvalue weighted by Crippen LogP contribution is 2.11. The Kier molecular flexibility index (Phi) is 20.2. The van der Waals surface area contributed by atoms with E-state index in [1.807, 2.05) is 31.9 Å². The summed E-state index contributed by atoms with van der Waals surface area (Å²) < 4.78 is 10.1. The van der Waals surface area contributed by atoms with E-state index in [9.17, 15) is 0 Å². The molecule has 1 aromatic heterocycles. The first-order valence-corrected chi connectivity index (χ1v) is 9.18. The zero-order valence-electron chi connectivity index (χ0n) is 14.8. The molecule has 130 valence electrons. The minimum atomic E-state index is 0.0922. The van der Waals surface area contributed by atoms with Gasteiger partial charge in [0.05, 0.1) is 6.61 Å². The summed E-state index contributed by atoms with van der Waals surface area (Å²) in [5, 5.41) is 0. The second kappa shape index (κ2) is 18.6. The molecule has 0 aliphatic rings. The lowest BCUT2D eigenvalue weighted by Gasteiger charge is -2.16. The van der Waals surface area contributed by atoms with E-state index < -0.39 is 0 Å². The number of nitrogens with zero attached hydrogens (tertiary/aromatic N) is 3. The summed E-state index contributed by atoms with van der Waals surface area (Å²) in [7, 11) is 3.65. The fourth-order valence-corrected chi connectivity index (χ4v) is 1.73. The Morgan fingerprint density at radius 3 is 2.50 bits per heavy atom. The number of anilines is 1. The molecule has 0 spiro atoms. The van der Waals surface area contributed by atoms with Crippen molar-refractivity contribution in [2.75, 3.05) is 38.0 Å². The lowest BCUT2D eigenvalue weighted by atomic mass is 10.3. The summed E-state index contributed by atoms with van der Waals surface area (Å²) in [4.78, 5) is 10.6. The van der Waals surface area contributed by atoms with Crippen LogP contribution in [0, 0.1) is 0 Å². The van der Waals surface area contributed by atoms with Crippen molar-refractivity contribution in [3.63, 3.8) is 0 Å². The van der Waals surface area contributed by atoms with Crippen LogP contribution in [0.25, 0.3) is 0 Å². The molecule has 1 aromatic rings. The summed E-state index contributed by atoms with van der Waals surface area (Å²) in [6, 6.07) is 1.91. The number of likely N-dealkylation sites (N-methyl/N-ethyl adjacent to an activating group) is 1. The van der Waals surface area contributed by atoms with Gasteiger partial charge in [-0.15, -0.1) is 0 Å². The Morgan fingerprint density at radius 1 is 1.32 bits per heavy atom. The van der Waals surface area contributed by atoms with Gasteiger partial charge in [-0.2, -0.15) is 12.6 Å². The van der Waals surface area contributed by atoms with Crippen molar-refractivity contribution in [1.29, 1.82) is 0 Å². The first-order valence-electron chi connectivity index (χ1n) is 7.73. The van der Waals surface area contributed by atoms with Gasteiger partial charge in [0.1, 0.15) is 0 Å². The summed E-state index contributed by atoms with van der Waals surface area (Å²) >= 11 is 4.19. The lowest BCUT2D eigenvalue weighted by molar-refractivity contribution is 0.307. The molecule has 0 saturated heterocycles. The molecule has 0 aliphatic carbocycles. The number of hydrogen-bond donors (Lipinski definition) is 1. The molecule has 0 bridgehead atoms. The largest absolute Gasteiger partial charge is 0.342 e. The molecule has 1 heterocycles. The fourth-order valence-electron chi connectivity index (χ4n) is 1.21. The van der Waals surface area contributed by atoms with Gasteiger partial charge in [0.2, 0.25) is 5.95 Å². The van der Waals surface area contributed by atoms with Gasteiger partial charge in [-0.3, -0.25) is 0 Å². The van der Waals surface area contributed by atoms with Crippen molar-refractivity contribution in [3.8, 4) is 0 Å². The van der Waals surface area contributed by atoms with Crippen molar-refractivity contribution in [2.45, 2.75) is 40.5 Å². The average molecular weight is 349 g/mol. The van der Waals surface area contributed by atoms with Crippen LogP contribution >= 0.6 is 21.7 Å². The van der Waals surface area contributed by atoms with Gasteiger partial charge < -0.3 is 13.9 Å². The third-order valence-electron chi connectivity index (χ3n) is 2.08. The zero-order chi connectivity index (χ0) is 17.2. The van der Waals surface area contributed by atoms with Gasteiger partial charge in [0, 0.05) is 32.6 Å². The fraction of sp³-hybridized carbons (Fsp3) is 0.733. The first-order chi connectivity index (χ1) is 10.7. The van der Waals surface area contributed by atoms with Crippen LogP contribution in [0.2, 0.25) is 0 Å². The van der Waals surface area contributed by atoms with E-state index in [2.05, 4.69) is 36.4 Å². The molecule has 5 nitrogen and oxygen atoms in total. The van der Waals surface area contributed by atoms with E-state index >= 15 is 0 Å². The number of aryl methyl sites for hydroxylation is 1. The maximum atomic E-state index is 5.25. The smallest absolute Gasteiger partial charge is 0.225 e. The van der Waals surface area contributed by atoms with Crippen LogP contribution in [0.1, 0.15) is 39.8 Å². The van der Waals surface area contributed by atoms with Crippen LogP contribution in [0.5, 0.6) is 0 Å². The molecule has 1 atom stereocenters. The maximum Gasteiger partial charge on any atom is 0.225 e. The minimum absolute atomic E-state index is 0.0922. The minimum Gasteiger partial charge on any atom is -0.342 e. The molecule has 0 radical (unpaired) electrons. The zero-order valence-corrected chi connectivity index (χ0v) is 16.7. The predicted molar refractivity (Wildman–Crippen MR) is 101 cm³/mol. The second-order valence-electron chi connectivity index (χ2n) is 4.09. The summed E-state index contributed by atoms with van der Waals surface area (Å²) in [5.74, 6) is 1.51. The highest BCUT2D eigenvalue weighted by molar-refractivity contribution is 7.80. The summed E-state index contributed by atoms with van der Waals surface area (Å²) in [6.45, 7) is 9.59. The quantitative estimate of drug-likeness (QED) is 0.437. The van der Waals surface area contributed by atoms with Gasteiger partial charge in [-0.25, -0.2) is 9.97 Å². The normalized spacial score (nSPS) is 9.77. The van der Waals surface area contributed by atoms with Gasteiger partial charge in [0.25, 0.3) is 0 Å². The standard InChI is InChI=1S/C10H18N3O2PS.C3H8.C2H6/c1-13(6-7-15-16-14-2)10-11-5-3-9(12-10)4-8-17;1-3-2;1-2/h3,5,16-17H,4,6-8H2,1-2H3;3H2,1-2H3;1-2H3. The van der Waals surface area contributed by atoms with Gasteiger partial charge in [-0.1, -0.05) is 34.1 Å². The maximum absolute atomic E-state index is 5.25. The van der Waals surface area contributed by atoms with Crippen molar-refractivity contribution in [2.24, 2.45) is 0 Å². The monoisotopic (exact) mass is 349 g/mol. The van der Waals surface area contributed by atoms with E-state index in [1.54, 1.807) is 13.3 Å². The molecule has 7 heteroatoms. The van der Waals surface area contributed by atoms with Crippen LogP contribution in [0.4, 0.5) is 5.95 Å². The Labute approximate surface area is 143 Å². The van der Waals surface area contributed by atoms with Gasteiger partial charge in [-0.05, 0) is 18.2 Å². The first kappa shape index (κ1) is 23.8. The van der Waals surface area contributed by atoms with Gasteiger partial charge in [0.15, 0.2) is 9.03 Å². The van der Waals surface area contributed by atoms with Crippen LogP contribution in [-0.4, -0.2) is 43.0 Å². The lowest BCUT2D eigenvalue weighted by Crippen LogP contribution is -2.24. The highest BCUT2D eigenvalue weighted by Gasteiger charge is 2.04. The van der Waals surface area contributed by atoms with Crippen molar-refractivity contribution in [1.82, 2.24) is 9.97 Å². The third-order valence-corrected chi connectivity index (χ3v) is 2.79. The van der Waals surface area contributed by atoms with E-state index in [0.29, 0.717) is 12.6 Å². The predicted octanol–water partition coefficient (Wildman–Crippen LogP) is 4.00. The molecular formula is C15H32N3O2PS. The molecule has 22 heavy (non-hydrogen) atoms. The van der Waals surface area contributed by atoms with E-state index in [0.717, 1.165) is 24.4 Å². The van der Waals surface area contributed by atoms with Crippen molar-refractivity contribution < 1.29 is 9.05 Å². The molecule has 0 amide bonds. The van der Waals surface area contributed by atoms with Crippen LogP contribution in [0.15, 0.2) is 12.3 Å². The molecular weight excluding hydrogens is 317 g/mol. The topological polar surface area (TPSA) is 47.5 Å². The summed E-state index contributed by atoms with van der Waals surface area (Å²) in [6.07, 6.45) is 3.88. The Hall–Kier alpha value is -0.420. The number of hydrogen-bond acceptors (Lipinski definition) is 6. The second-order valence-corrected chi connectivity index (χ2v) is 5.40. The van der Waals surface area contributed by atoms with Gasteiger partial charge >= 0.3 is 0 Å². The molecule has 0 aromatic carbocycles. The average Bonchev–Trinajstić information content (AvgIpc) is 2.55. The van der Waals surface area contributed by atoms with E-state index in [1.165, 1.54) is 6.42 Å². The van der Waals surface area contributed by atoms with Crippen LogP contribution in [-0.2, 0) is 15.5 Å². The summed E-state index contributed by atoms with van der Waals surface area (Å²) in [5.41, 5.74) is 1.01. The Balaban J connectivity index is 0. The number of rotatable bonds is 8. The Morgan fingerprint density at radius 2 is 1.95 bits per heavy atom. The van der Waals surface area contributed by atoms with Crippen molar-refractivity contribution in [3.05, 3.63) is 18.0 Å². The number of aromatic nitrogens is 2. The van der Waals surface area contributed by atoms with Crippen molar-refractivity contribution >= 4 is 27.6 Å². The molecule has 1 rings (SSSR count). The SMILES string of the molecule is CC.CCC.COPOCCN(C)c1nccc(CCS)n1. The number of thiol groups is 1. The van der Waals surface area contributed by atoms with Crippen LogP contribution < -0.4 is 4.90 Å². The van der Waals surface area contributed by atoms with E-state index in [4.69, 9.17) is 9.05 Å². The molecule has 1 unspecified atom stereocenters. The molecule has 0 aliphatic heterocycles. The third kappa shape index (κ3) is 13.3. The van der Waals surface area contributed by atoms with E-state index in [-0.39, 0.29) is 9.03 Å². The van der Waals surface area contributed by atoms with Crippen LogP contribution in [0.3, 0.4) is 0 Å². The Bertz CT molecular complexity index is 346.